The maximum atomic E-state index is 14.3. The summed E-state index contributed by atoms with van der Waals surface area (Å²) in [7, 11) is 0. The first-order valence-electron chi connectivity index (χ1n) is 33.7. The van der Waals surface area contributed by atoms with Crippen LogP contribution in [0.2, 0.25) is 0 Å². The second-order valence-corrected chi connectivity index (χ2v) is 28.6. The van der Waals surface area contributed by atoms with Crippen LogP contribution in [0.15, 0.2) is 269 Å². The van der Waals surface area contributed by atoms with Crippen LogP contribution in [-0.2, 0) is 52.8 Å². The predicted molar refractivity (Wildman–Crippen MR) is 410 cm³/mol. The smallest absolute Gasteiger partial charge is 0.478 e. The molecule has 16 heteroatoms. The van der Waals surface area contributed by atoms with Gasteiger partial charge >= 0.3 is 31.4 Å². The van der Waals surface area contributed by atoms with Gasteiger partial charge in [-0.15, -0.1) is 12.1 Å². The summed E-state index contributed by atoms with van der Waals surface area (Å²) < 4.78 is 82.3. The zero-order valence-electron chi connectivity index (χ0n) is 60.0. The third-order valence-electron chi connectivity index (χ3n) is 15.4. The van der Waals surface area contributed by atoms with Crippen molar-refractivity contribution in [2.45, 2.75) is 116 Å². The average molecular weight is 1570 g/mol. The van der Waals surface area contributed by atoms with Gasteiger partial charge in [0, 0.05) is 40.4 Å². The molecule has 1 saturated heterocycles. The molecule has 3 heterocycles. The standard InChI is InChI=1S/C21H22N2O2.C19H21FO2.C12H8BrF.2C12H8F.C7H13BrO2.C4H8O.Zn/c1-21(2,19-22-17(13-24-19)15-9-5-3-6-10-15)20-23-18(14-25-20)16-11-7-4-8-12-16;1-13(18(21)22-19(2,3)4)15-10-11-16(17(20)12-15)14-8-6-5-7-9-14;13-10-6-7-11(12(14)8-10)9-4-2-1-3-5-9;2*13-12-9-5-4-8-11(12)10-6-2-1-3-7-10;1-5(8)6(9)10-7(2,3)4;1-2-4-5-3-1;/h3-12,17-18H,13-14H2,1-2H3;5-13H,1-4H3;1-8H;2*1-4,6-9H;5H,1-4H3;1-4H2;/q;;;2*-1;;;+2/t17-,18-;13-;;;;;;/m00....../s1. The van der Waals surface area contributed by atoms with E-state index in [0.29, 0.717) is 52.8 Å². The Bertz CT molecular complexity index is 4100. The van der Waals surface area contributed by atoms with E-state index in [-0.39, 0.29) is 77.2 Å². The van der Waals surface area contributed by atoms with Crippen LogP contribution in [0.4, 0.5) is 17.6 Å². The molecule has 10 aromatic rings. The second kappa shape index (κ2) is 41.6. The number of nitrogens with zero attached hydrogens (tertiary/aromatic N) is 2. The molecule has 0 saturated carbocycles. The molecule has 0 radical (unpaired) electrons. The van der Waals surface area contributed by atoms with Crippen LogP contribution >= 0.6 is 31.9 Å². The third-order valence-corrected chi connectivity index (χ3v) is 16.3. The minimum atomic E-state index is -0.548. The van der Waals surface area contributed by atoms with Crippen molar-refractivity contribution in [2.75, 3.05) is 26.4 Å². The third kappa shape index (κ3) is 27.5. The molecule has 0 bridgehead atoms. The van der Waals surface area contributed by atoms with Crippen molar-refractivity contribution >= 4 is 55.6 Å². The van der Waals surface area contributed by atoms with Gasteiger partial charge in [0.05, 0.1) is 5.92 Å². The summed E-state index contributed by atoms with van der Waals surface area (Å²) >= 11 is 6.35. The molecule has 103 heavy (non-hydrogen) atoms. The van der Waals surface area contributed by atoms with Gasteiger partial charge in [0.15, 0.2) is 11.8 Å². The molecular weight excluding hydrogens is 1490 g/mol. The van der Waals surface area contributed by atoms with E-state index in [1.807, 2.05) is 205 Å². The molecule has 1 fully saturated rings. The molecule has 0 N–H and O–H groups in total. The van der Waals surface area contributed by atoms with Crippen molar-refractivity contribution in [3.63, 3.8) is 0 Å². The van der Waals surface area contributed by atoms with E-state index in [9.17, 15) is 27.2 Å². The number of alkyl halides is 1. The first-order valence-corrected chi connectivity index (χ1v) is 35.5. The number of hydrogen-bond donors (Lipinski definition) is 0. The molecule has 0 spiro atoms. The molecule has 13 rings (SSSR count). The number of halogens is 6. The van der Waals surface area contributed by atoms with Gasteiger partial charge in [0.1, 0.15) is 58.4 Å². The molecule has 532 valence electrons. The molecule has 0 amide bonds. The number of benzene rings is 10. The Labute approximate surface area is 635 Å². The number of esters is 2. The van der Waals surface area contributed by atoms with Crippen molar-refractivity contribution in [2.24, 2.45) is 15.4 Å². The maximum Gasteiger partial charge on any atom is 2.00 e. The number of aliphatic imine (C=N–C) groups is 2. The van der Waals surface area contributed by atoms with Crippen LogP contribution < -0.4 is 0 Å². The Hall–Kier alpha value is -8.66. The van der Waals surface area contributed by atoms with Crippen molar-refractivity contribution < 1.29 is 70.3 Å². The van der Waals surface area contributed by atoms with Crippen molar-refractivity contribution in [1.82, 2.24) is 0 Å². The second-order valence-electron chi connectivity index (χ2n) is 26.3. The van der Waals surface area contributed by atoms with Crippen molar-refractivity contribution in [1.29, 1.82) is 0 Å². The van der Waals surface area contributed by atoms with Crippen LogP contribution in [0.3, 0.4) is 0 Å². The SMILES string of the molecule is C1CCOC1.CC(Br)C(=O)OC(C)(C)C.CC(C)(C1=N[C@H](c2ccccc2)CO1)C1=N[C@H](c2ccccc2)CO1.C[C@H](C(=O)OC(C)(C)C)c1ccc(-c2ccccc2)c(F)c1.Fc1c[c-]ccc1-c1ccccc1.Fc1c[c-]ccc1-c1ccccc1.Fc1cc(Br)ccc1-c1ccccc1.[Zn+2]. The molecule has 3 aliphatic heterocycles. The van der Waals surface area contributed by atoms with Crippen LogP contribution in [0.25, 0.3) is 44.5 Å². The molecule has 10 aromatic carbocycles. The van der Waals surface area contributed by atoms with Crippen LogP contribution in [0.5, 0.6) is 0 Å². The van der Waals surface area contributed by atoms with Gasteiger partial charge in [0.2, 0.25) is 0 Å². The van der Waals surface area contributed by atoms with E-state index in [1.165, 1.54) is 48.2 Å². The normalized spacial score (nSPS) is 14.7. The van der Waals surface area contributed by atoms with E-state index in [2.05, 4.69) is 82.1 Å². The summed E-state index contributed by atoms with van der Waals surface area (Å²) in [6, 6.07) is 83.3. The summed E-state index contributed by atoms with van der Waals surface area (Å²) in [6.45, 7) is 21.7. The van der Waals surface area contributed by atoms with Crippen LogP contribution in [0, 0.1) is 40.8 Å². The fourth-order valence-corrected chi connectivity index (χ4v) is 10.6. The number of ether oxygens (including phenoxy) is 5. The zero-order valence-corrected chi connectivity index (χ0v) is 66.2. The first kappa shape index (κ1) is 83.3. The first-order chi connectivity index (χ1) is 48.8. The molecule has 0 aromatic heterocycles. The number of carbonyl (C=O) groups excluding carboxylic acids is 2. The number of carbonyl (C=O) groups is 2. The summed E-state index contributed by atoms with van der Waals surface area (Å²) in [6.07, 6.45) is 2.56. The van der Waals surface area contributed by atoms with Gasteiger partial charge in [-0.05, 0) is 139 Å². The fourth-order valence-electron chi connectivity index (χ4n) is 10.2. The minimum Gasteiger partial charge on any atom is -0.478 e. The van der Waals surface area contributed by atoms with E-state index >= 15 is 0 Å². The van der Waals surface area contributed by atoms with Gasteiger partial charge in [-0.25, -0.2) is 18.8 Å². The summed E-state index contributed by atoms with van der Waals surface area (Å²) in [4.78, 5) is 32.4. The van der Waals surface area contributed by atoms with E-state index in [4.69, 9.17) is 33.7 Å². The van der Waals surface area contributed by atoms with Gasteiger partial charge in [-0.1, -0.05) is 243 Å². The zero-order chi connectivity index (χ0) is 73.7. The van der Waals surface area contributed by atoms with E-state index in [1.54, 1.807) is 56.3 Å². The quantitative estimate of drug-likeness (QED) is 0.0418. The monoisotopic (exact) mass is 1570 g/mol. The molecule has 9 nitrogen and oxygen atoms in total. The van der Waals surface area contributed by atoms with E-state index in [0.717, 1.165) is 39.9 Å². The molecule has 0 aliphatic carbocycles. The van der Waals surface area contributed by atoms with Crippen LogP contribution in [0.1, 0.15) is 117 Å². The number of rotatable bonds is 11. The van der Waals surface area contributed by atoms with Crippen LogP contribution in [-0.4, -0.2) is 66.2 Å². The topological polar surface area (TPSA) is 105 Å². The summed E-state index contributed by atoms with van der Waals surface area (Å²) in [5, 5.41) is 0. The predicted octanol–water partition coefficient (Wildman–Crippen LogP) is 23.0. The Kier molecular flexibility index (Phi) is 33.6. The van der Waals surface area contributed by atoms with Crippen molar-refractivity contribution in [3.8, 4) is 44.5 Å². The average Bonchev–Trinajstić information content (AvgIpc) is 1.68. The summed E-state index contributed by atoms with van der Waals surface area (Å²) in [5.74, 6) is -0.653. The Balaban J connectivity index is 0.000000196. The largest absolute Gasteiger partial charge is 2.00 e. The molecule has 4 atom stereocenters. The Morgan fingerprint density at radius 1 is 0.466 bits per heavy atom. The van der Waals surface area contributed by atoms with E-state index < -0.39 is 16.9 Å². The maximum absolute atomic E-state index is 14.3. The molecule has 3 aliphatic rings. The minimum absolute atomic E-state index is 0. The number of hydrogen-bond acceptors (Lipinski definition) is 9. The van der Waals surface area contributed by atoms with Gasteiger partial charge in [0.25, 0.3) is 0 Å². The molecule has 1 unspecified atom stereocenters. The van der Waals surface area contributed by atoms with Gasteiger partial charge in [-0.2, -0.15) is 36.4 Å². The Morgan fingerprint density at radius 2 is 0.806 bits per heavy atom. The molecular formula is C87H88Br2F4N2O7Zn. The Morgan fingerprint density at radius 3 is 1.12 bits per heavy atom. The van der Waals surface area contributed by atoms with Gasteiger partial charge in [-0.3, -0.25) is 18.4 Å². The van der Waals surface area contributed by atoms with Crippen molar-refractivity contribution in [3.05, 3.63) is 311 Å². The summed E-state index contributed by atoms with van der Waals surface area (Å²) in [5.41, 5.74) is 7.49. The van der Waals surface area contributed by atoms with Gasteiger partial charge < -0.3 is 23.7 Å². The fraction of sp³-hybridized carbons (Fsp3) is 0.264.